The lowest BCUT2D eigenvalue weighted by molar-refractivity contribution is -0.126. The van der Waals surface area contributed by atoms with Crippen LogP contribution in [0.3, 0.4) is 0 Å². The Morgan fingerprint density at radius 3 is 2.56 bits per heavy atom. The maximum absolute atomic E-state index is 11.9. The Morgan fingerprint density at radius 1 is 1.44 bits per heavy atom. The Labute approximate surface area is 110 Å². The molecular formula is C13H27N3O2. The van der Waals surface area contributed by atoms with Crippen LogP contribution < -0.4 is 11.1 Å². The average Bonchev–Trinajstić information content (AvgIpc) is 2.38. The number of carbonyl (C=O) groups is 1. The molecule has 5 nitrogen and oxygen atoms in total. The Balaban J connectivity index is 2.30. The maximum atomic E-state index is 11.9. The molecule has 106 valence electrons. The number of likely N-dealkylation sites (tertiary alicyclic amines) is 1. The number of ether oxygens (including phenoxy) is 1. The number of nitrogens with one attached hydrogen (secondary N) is 1. The average molecular weight is 257 g/mol. The quantitative estimate of drug-likeness (QED) is 0.667. The fourth-order valence-electron chi connectivity index (χ4n) is 2.42. The molecule has 0 aliphatic carbocycles. The van der Waals surface area contributed by atoms with Gasteiger partial charge in [0, 0.05) is 19.7 Å². The molecular weight excluding hydrogens is 230 g/mol. The second kappa shape index (κ2) is 7.71. The van der Waals surface area contributed by atoms with Gasteiger partial charge in [-0.3, -0.25) is 9.69 Å². The molecule has 1 heterocycles. The zero-order valence-electron chi connectivity index (χ0n) is 11.8. The molecule has 1 aliphatic rings. The first-order valence-electron chi connectivity index (χ1n) is 6.82. The standard InChI is InChI=1S/C13H27N3O2/c1-10(14)12-4-7-16(8-5-12)11(2)13(17)15-6-9-18-3/h10-12H,4-9,14H2,1-3H3,(H,15,17). The van der Waals surface area contributed by atoms with Crippen molar-refractivity contribution in [3.8, 4) is 0 Å². The van der Waals surface area contributed by atoms with Gasteiger partial charge in [0.15, 0.2) is 0 Å². The van der Waals surface area contributed by atoms with Gasteiger partial charge in [0.2, 0.25) is 5.91 Å². The molecule has 0 radical (unpaired) electrons. The van der Waals surface area contributed by atoms with E-state index in [2.05, 4.69) is 17.1 Å². The van der Waals surface area contributed by atoms with Gasteiger partial charge >= 0.3 is 0 Å². The summed E-state index contributed by atoms with van der Waals surface area (Å²) >= 11 is 0. The summed E-state index contributed by atoms with van der Waals surface area (Å²) in [5, 5.41) is 2.88. The summed E-state index contributed by atoms with van der Waals surface area (Å²) in [5.41, 5.74) is 5.92. The van der Waals surface area contributed by atoms with E-state index in [0.717, 1.165) is 25.9 Å². The SMILES string of the molecule is COCCNC(=O)C(C)N1CCC(C(C)N)CC1. The number of rotatable bonds is 6. The van der Waals surface area contributed by atoms with Crippen molar-refractivity contribution >= 4 is 5.91 Å². The predicted octanol–water partition coefficient (Wildman–Crippen LogP) is 0.197. The van der Waals surface area contributed by atoms with Crippen LogP contribution >= 0.6 is 0 Å². The molecule has 0 bridgehead atoms. The van der Waals surface area contributed by atoms with E-state index < -0.39 is 0 Å². The highest BCUT2D eigenvalue weighted by Crippen LogP contribution is 2.20. The number of hydrogen-bond donors (Lipinski definition) is 2. The van der Waals surface area contributed by atoms with E-state index in [4.69, 9.17) is 10.5 Å². The fourth-order valence-corrected chi connectivity index (χ4v) is 2.42. The molecule has 2 unspecified atom stereocenters. The minimum absolute atomic E-state index is 0.0594. The molecule has 18 heavy (non-hydrogen) atoms. The minimum Gasteiger partial charge on any atom is -0.383 e. The topological polar surface area (TPSA) is 67.6 Å². The Hall–Kier alpha value is -0.650. The van der Waals surface area contributed by atoms with Crippen LogP contribution in [0.2, 0.25) is 0 Å². The van der Waals surface area contributed by atoms with Crippen molar-refractivity contribution in [3.63, 3.8) is 0 Å². The second-order valence-electron chi connectivity index (χ2n) is 5.19. The number of hydrogen-bond acceptors (Lipinski definition) is 4. The molecule has 1 rings (SSSR count). The monoisotopic (exact) mass is 257 g/mol. The summed E-state index contributed by atoms with van der Waals surface area (Å²) in [7, 11) is 1.63. The number of nitrogens with zero attached hydrogens (tertiary/aromatic N) is 1. The van der Waals surface area contributed by atoms with Crippen LogP contribution in [-0.4, -0.2) is 56.2 Å². The number of nitrogens with two attached hydrogens (primary N) is 1. The summed E-state index contributed by atoms with van der Waals surface area (Å²) in [6, 6.07) is 0.203. The normalized spacial score (nSPS) is 21.6. The molecule has 0 aromatic heterocycles. The van der Waals surface area contributed by atoms with Crippen LogP contribution in [0.25, 0.3) is 0 Å². The van der Waals surface area contributed by atoms with Crippen LogP contribution in [0.15, 0.2) is 0 Å². The number of carbonyl (C=O) groups excluding carboxylic acids is 1. The van der Waals surface area contributed by atoms with E-state index in [9.17, 15) is 4.79 Å². The molecule has 1 amide bonds. The largest absolute Gasteiger partial charge is 0.383 e. The molecule has 1 fully saturated rings. The number of amides is 1. The molecule has 0 aromatic carbocycles. The van der Waals surface area contributed by atoms with Gasteiger partial charge in [0.05, 0.1) is 12.6 Å². The van der Waals surface area contributed by atoms with Crippen molar-refractivity contribution in [1.29, 1.82) is 0 Å². The van der Waals surface area contributed by atoms with Crippen molar-refractivity contribution in [2.75, 3.05) is 33.4 Å². The van der Waals surface area contributed by atoms with Crippen molar-refractivity contribution in [3.05, 3.63) is 0 Å². The van der Waals surface area contributed by atoms with E-state index in [-0.39, 0.29) is 18.0 Å². The maximum Gasteiger partial charge on any atom is 0.237 e. The van der Waals surface area contributed by atoms with Gasteiger partial charge in [-0.25, -0.2) is 0 Å². The summed E-state index contributed by atoms with van der Waals surface area (Å²) < 4.78 is 4.92. The van der Waals surface area contributed by atoms with Crippen LogP contribution in [-0.2, 0) is 9.53 Å². The molecule has 2 atom stereocenters. The Kier molecular flexibility index (Phi) is 6.60. The molecule has 0 spiro atoms. The molecule has 3 N–H and O–H groups in total. The summed E-state index contributed by atoms with van der Waals surface area (Å²) in [4.78, 5) is 14.1. The molecule has 5 heteroatoms. The Bertz CT molecular complexity index is 251. The van der Waals surface area contributed by atoms with E-state index in [1.54, 1.807) is 7.11 Å². The van der Waals surface area contributed by atoms with E-state index in [1.165, 1.54) is 0 Å². The summed E-state index contributed by atoms with van der Waals surface area (Å²) in [5.74, 6) is 0.691. The van der Waals surface area contributed by atoms with Crippen molar-refractivity contribution in [2.45, 2.75) is 38.8 Å². The van der Waals surface area contributed by atoms with Crippen molar-refractivity contribution < 1.29 is 9.53 Å². The molecule has 0 aromatic rings. The van der Waals surface area contributed by atoms with E-state index in [0.29, 0.717) is 19.1 Å². The number of methoxy groups -OCH3 is 1. The number of piperidine rings is 1. The lowest BCUT2D eigenvalue weighted by Gasteiger charge is -2.36. The van der Waals surface area contributed by atoms with Gasteiger partial charge in [0.1, 0.15) is 0 Å². The molecule has 1 aliphatic heterocycles. The van der Waals surface area contributed by atoms with Crippen molar-refractivity contribution in [2.24, 2.45) is 11.7 Å². The lowest BCUT2D eigenvalue weighted by Crippen LogP contribution is -2.50. The van der Waals surface area contributed by atoms with Crippen LogP contribution in [0.5, 0.6) is 0 Å². The zero-order valence-corrected chi connectivity index (χ0v) is 11.8. The molecule has 1 saturated heterocycles. The summed E-state index contributed by atoms with van der Waals surface area (Å²) in [6.45, 7) is 7.10. The van der Waals surface area contributed by atoms with E-state index >= 15 is 0 Å². The van der Waals surface area contributed by atoms with Gasteiger partial charge in [0.25, 0.3) is 0 Å². The summed E-state index contributed by atoms with van der Waals surface area (Å²) in [6.07, 6.45) is 2.18. The molecule has 0 saturated carbocycles. The first-order chi connectivity index (χ1) is 8.56. The zero-order chi connectivity index (χ0) is 13.5. The second-order valence-corrected chi connectivity index (χ2v) is 5.19. The first kappa shape index (κ1) is 15.4. The smallest absolute Gasteiger partial charge is 0.237 e. The fraction of sp³-hybridized carbons (Fsp3) is 0.923. The van der Waals surface area contributed by atoms with Crippen LogP contribution in [0, 0.1) is 5.92 Å². The Morgan fingerprint density at radius 2 is 2.06 bits per heavy atom. The van der Waals surface area contributed by atoms with Gasteiger partial charge in [-0.1, -0.05) is 0 Å². The van der Waals surface area contributed by atoms with E-state index in [1.807, 2.05) is 6.92 Å². The van der Waals surface area contributed by atoms with Crippen LogP contribution in [0.1, 0.15) is 26.7 Å². The van der Waals surface area contributed by atoms with Gasteiger partial charge in [-0.05, 0) is 45.7 Å². The lowest BCUT2D eigenvalue weighted by atomic mass is 9.90. The minimum atomic E-state index is -0.0594. The van der Waals surface area contributed by atoms with Crippen LogP contribution in [0.4, 0.5) is 0 Å². The first-order valence-corrected chi connectivity index (χ1v) is 6.82. The third kappa shape index (κ3) is 4.55. The van der Waals surface area contributed by atoms with Crippen molar-refractivity contribution in [1.82, 2.24) is 10.2 Å². The highest BCUT2D eigenvalue weighted by atomic mass is 16.5. The van der Waals surface area contributed by atoms with Gasteiger partial charge in [-0.2, -0.15) is 0 Å². The highest BCUT2D eigenvalue weighted by Gasteiger charge is 2.27. The van der Waals surface area contributed by atoms with Gasteiger partial charge < -0.3 is 15.8 Å². The highest BCUT2D eigenvalue weighted by molar-refractivity contribution is 5.81. The third-order valence-corrected chi connectivity index (χ3v) is 3.85. The third-order valence-electron chi connectivity index (χ3n) is 3.85. The van der Waals surface area contributed by atoms with Gasteiger partial charge in [-0.15, -0.1) is 0 Å². The predicted molar refractivity (Wildman–Crippen MR) is 72.3 cm³/mol.